The van der Waals surface area contributed by atoms with Gasteiger partial charge in [-0.2, -0.15) is 0 Å². The van der Waals surface area contributed by atoms with E-state index in [1.165, 1.54) is 35.4 Å². The molecule has 1 aliphatic rings. The quantitative estimate of drug-likeness (QED) is 0.779. The molecule has 1 atom stereocenters. The zero-order chi connectivity index (χ0) is 11.7. The van der Waals surface area contributed by atoms with E-state index in [-0.39, 0.29) is 0 Å². The predicted molar refractivity (Wildman–Crippen MR) is 79.5 cm³/mol. The van der Waals surface area contributed by atoms with Crippen LogP contribution in [0.2, 0.25) is 0 Å². The summed E-state index contributed by atoms with van der Waals surface area (Å²) in [6, 6.07) is 4.41. The number of anilines is 1. The SMILES string of the molecule is CCCCC1Sc2cc(C)cc(Br)c2N1S. The molecule has 0 amide bonds. The zero-order valence-electron chi connectivity index (χ0n) is 9.53. The van der Waals surface area contributed by atoms with E-state index in [9.17, 15) is 0 Å². The second-order valence-electron chi connectivity index (χ2n) is 4.15. The van der Waals surface area contributed by atoms with E-state index in [1.807, 2.05) is 11.8 Å². The Morgan fingerprint density at radius 2 is 2.25 bits per heavy atom. The lowest BCUT2D eigenvalue weighted by Crippen LogP contribution is -2.18. The van der Waals surface area contributed by atoms with Crippen LogP contribution in [-0.2, 0) is 0 Å². The number of halogens is 1. The van der Waals surface area contributed by atoms with Gasteiger partial charge in [0, 0.05) is 9.37 Å². The third kappa shape index (κ3) is 2.39. The van der Waals surface area contributed by atoms with Crippen LogP contribution >= 0.6 is 40.5 Å². The second-order valence-corrected chi connectivity index (χ2v) is 6.66. The van der Waals surface area contributed by atoms with Crippen LogP contribution in [0.15, 0.2) is 21.5 Å². The molecule has 2 rings (SSSR count). The molecule has 88 valence electrons. The van der Waals surface area contributed by atoms with Gasteiger partial charge < -0.3 is 4.31 Å². The Bertz CT molecular complexity index is 395. The van der Waals surface area contributed by atoms with Crippen LogP contribution in [0.4, 0.5) is 5.69 Å². The van der Waals surface area contributed by atoms with Gasteiger partial charge in [0.25, 0.3) is 0 Å². The van der Waals surface area contributed by atoms with Crippen molar-refractivity contribution in [3.8, 4) is 0 Å². The molecule has 0 radical (unpaired) electrons. The Hall–Kier alpha value is 0.200. The summed E-state index contributed by atoms with van der Waals surface area (Å²) >= 11 is 10.2. The summed E-state index contributed by atoms with van der Waals surface area (Å²) in [5.74, 6) is 0. The minimum Gasteiger partial charge on any atom is -0.303 e. The summed E-state index contributed by atoms with van der Waals surface area (Å²) < 4.78 is 3.27. The Labute approximate surface area is 116 Å². The standard InChI is InChI=1S/C12H16BrNS2/c1-3-4-5-11-14(15)12-9(13)6-8(2)7-10(12)16-11/h6-7,11,15H,3-5H2,1-2H3. The Kier molecular flexibility index (Phi) is 4.14. The van der Waals surface area contributed by atoms with E-state index in [2.05, 4.69) is 59.0 Å². The van der Waals surface area contributed by atoms with Crippen molar-refractivity contribution >= 4 is 46.2 Å². The molecule has 1 aromatic rings. The molecular weight excluding hydrogens is 302 g/mol. The van der Waals surface area contributed by atoms with Crippen molar-refractivity contribution in [2.24, 2.45) is 0 Å². The van der Waals surface area contributed by atoms with E-state index in [0.29, 0.717) is 5.37 Å². The van der Waals surface area contributed by atoms with E-state index < -0.39 is 0 Å². The topological polar surface area (TPSA) is 3.24 Å². The molecule has 0 saturated heterocycles. The van der Waals surface area contributed by atoms with Crippen LogP contribution in [0, 0.1) is 6.92 Å². The summed E-state index contributed by atoms with van der Waals surface area (Å²) in [7, 11) is 0. The van der Waals surface area contributed by atoms with Gasteiger partial charge in [0.05, 0.1) is 11.1 Å². The molecule has 0 spiro atoms. The number of aryl methyl sites for hydroxylation is 1. The molecule has 0 N–H and O–H groups in total. The first-order chi connectivity index (χ1) is 7.63. The normalized spacial score (nSPS) is 19.0. The van der Waals surface area contributed by atoms with Crippen LogP contribution in [-0.4, -0.2) is 5.37 Å². The van der Waals surface area contributed by atoms with Crippen molar-refractivity contribution in [3.05, 3.63) is 22.2 Å². The number of benzene rings is 1. The largest absolute Gasteiger partial charge is 0.303 e. The highest BCUT2D eigenvalue weighted by molar-refractivity contribution is 9.10. The number of hydrogen-bond donors (Lipinski definition) is 1. The molecule has 1 heterocycles. The molecule has 1 aromatic carbocycles. The molecular formula is C12H16BrNS2. The van der Waals surface area contributed by atoms with E-state index in [4.69, 9.17) is 0 Å². The van der Waals surface area contributed by atoms with Crippen LogP contribution in [0.3, 0.4) is 0 Å². The minimum absolute atomic E-state index is 0.483. The molecule has 16 heavy (non-hydrogen) atoms. The highest BCUT2D eigenvalue weighted by Gasteiger charge is 2.29. The lowest BCUT2D eigenvalue weighted by molar-refractivity contribution is 0.707. The first-order valence-electron chi connectivity index (χ1n) is 5.58. The van der Waals surface area contributed by atoms with Gasteiger partial charge in [-0.1, -0.05) is 44.3 Å². The zero-order valence-corrected chi connectivity index (χ0v) is 12.8. The van der Waals surface area contributed by atoms with Gasteiger partial charge in [0.15, 0.2) is 0 Å². The van der Waals surface area contributed by atoms with Crippen LogP contribution < -0.4 is 4.31 Å². The van der Waals surface area contributed by atoms with E-state index in [1.54, 1.807) is 0 Å². The molecule has 1 nitrogen and oxygen atoms in total. The summed E-state index contributed by atoms with van der Waals surface area (Å²) in [4.78, 5) is 1.35. The first-order valence-corrected chi connectivity index (χ1v) is 7.65. The third-order valence-electron chi connectivity index (χ3n) is 2.74. The van der Waals surface area contributed by atoms with E-state index >= 15 is 0 Å². The molecule has 4 heteroatoms. The smallest absolute Gasteiger partial charge is 0.0903 e. The van der Waals surface area contributed by atoms with Crippen molar-refractivity contribution in [1.29, 1.82) is 0 Å². The number of fused-ring (bicyclic) bond motifs is 1. The predicted octanol–water partition coefficient (Wildman–Crippen LogP) is 5.03. The van der Waals surface area contributed by atoms with Crippen LogP contribution in [0.5, 0.6) is 0 Å². The van der Waals surface area contributed by atoms with Gasteiger partial charge in [0.2, 0.25) is 0 Å². The number of unbranched alkanes of at least 4 members (excludes halogenated alkanes) is 1. The average molecular weight is 318 g/mol. The van der Waals surface area contributed by atoms with Crippen LogP contribution in [0.25, 0.3) is 0 Å². The highest BCUT2D eigenvalue weighted by atomic mass is 79.9. The fraction of sp³-hybridized carbons (Fsp3) is 0.500. The fourth-order valence-corrected chi connectivity index (χ4v) is 4.85. The van der Waals surface area contributed by atoms with Gasteiger partial charge in [-0.05, 0) is 47.0 Å². The van der Waals surface area contributed by atoms with E-state index in [0.717, 1.165) is 4.47 Å². The minimum atomic E-state index is 0.483. The molecule has 0 aliphatic carbocycles. The summed E-state index contributed by atoms with van der Waals surface area (Å²) in [5.41, 5.74) is 2.54. The number of thiol groups is 1. The van der Waals surface area contributed by atoms with Crippen LogP contribution in [0.1, 0.15) is 31.7 Å². The number of nitrogens with zero attached hydrogens (tertiary/aromatic N) is 1. The van der Waals surface area contributed by atoms with Gasteiger partial charge >= 0.3 is 0 Å². The number of hydrogen-bond acceptors (Lipinski definition) is 3. The number of rotatable bonds is 3. The summed E-state index contributed by atoms with van der Waals surface area (Å²) in [6.07, 6.45) is 3.71. The molecule has 1 unspecified atom stereocenters. The molecule has 0 saturated carbocycles. The maximum absolute atomic E-state index is 4.63. The van der Waals surface area contributed by atoms with Gasteiger partial charge in [-0.25, -0.2) is 0 Å². The Morgan fingerprint density at radius 3 is 2.94 bits per heavy atom. The summed E-state index contributed by atoms with van der Waals surface area (Å²) in [6.45, 7) is 4.36. The van der Waals surface area contributed by atoms with Crippen molar-refractivity contribution in [3.63, 3.8) is 0 Å². The lowest BCUT2D eigenvalue weighted by atomic mass is 10.2. The molecule has 0 fully saturated rings. The fourth-order valence-electron chi connectivity index (χ4n) is 1.92. The Balaban J connectivity index is 2.24. The Morgan fingerprint density at radius 1 is 1.50 bits per heavy atom. The van der Waals surface area contributed by atoms with Gasteiger partial charge in [0.1, 0.15) is 0 Å². The second kappa shape index (κ2) is 5.23. The monoisotopic (exact) mass is 317 g/mol. The van der Waals surface area contributed by atoms with Gasteiger partial charge in [-0.15, -0.1) is 0 Å². The first kappa shape index (κ1) is 12.7. The van der Waals surface area contributed by atoms with Gasteiger partial charge in [-0.3, -0.25) is 0 Å². The molecule has 0 aromatic heterocycles. The summed E-state index contributed by atoms with van der Waals surface area (Å²) in [5, 5.41) is 0.483. The highest BCUT2D eigenvalue weighted by Crippen LogP contribution is 2.49. The van der Waals surface area contributed by atoms with Crippen molar-refractivity contribution in [2.45, 2.75) is 43.4 Å². The number of thioether (sulfide) groups is 1. The average Bonchev–Trinajstić information content (AvgIpc) is 2.52. The van der Waals surface area contributed by atoms with Crippen molar-refractivity contribution in [2.75, 3.05) is 4.31 Å². The third-order valence-corrected chi connectivity index (χ3v) is 5.27. The van der Waals surface area contributed by atoms with Crippen molar-refractivity contribution < 1.29 is 0 Å². The maximum atomic E-state index is 4.63. The molecule has 0 bridgehead atoms. The maximum Gasteiger partial charge on any atom is 0.0903 e. The molecule has 1 aliphatic heterocycles. The van der Waals surface area contributed by atoms with Crippen molar-refractivity contribution in [1.82, 2.24) is 0 Å². The lowest BCUT2D eigenvalue weighted by Gasteiger charge is -2.20.